The number of nitrogens with one attached hydrogen (secondary N) is 1. The monoisotopic (exact) mass is 376 g/mol. The zero-order valence-corrected chi connectivity index (χ0v) is 15.4. The van der Waals surface area contributed by atoms with Crippen LogP contribution in [0.2, 0.25) is 5.02 Å². The summed E-state index contributed by atoms with van der Waals surface area (Å²) in [6.07, 6.45) is 2.12. The van der Waals surface area contributed by atoms with E-state index in [0.717, 1.165) is 25.9 Å². The Balaban J connectivity index is 1.79. The Hall–Kier alpha value is -2.11. The van der Waals surface area contributed by atoms with Gasteiger partial charge in [0.25, 0.3) is 5.91 Å². The maximum atomic E-state index is 14.5. The third-order valence-corrected chi connectivity index (χ3v) is 5.03. The molecule has 0 aromatic heterocycles. The van der Waals surface area contributed by atoms with E-state index >= 15 is 0 Å². The smallest absolute Gasteiger partial charge is 0.251 e. The van der Waals surface area contributed by atoms with Crippen LogP contribution in [0.4, 0.5) is 4.39 Å². The van der Waals surface area contributed by atoms with Crippen LogP contribution in [-0.2, 0) is 0 Å². The number of nitrogens with zero attached hydrogens (tertiary/aromatic N) is 1. The third-order valence-electron chi connectivity index (χ3n) is 4.70. The van der Waals surface area contributed by atoms with Crippen molar-refractivity contribution in [1.29, 1.82) is 0 Å². The van der Waals surface area contributed by atoms with Crippen LogP contribution >= 0.6 is 11.6 Å². The second-order valence-electron chi connectivity index (χ2n) is 6.34. The number of hydrogen-bond donors (Lipinski definition) is 1. The number of halogens is 2. The molecule has 1 atom stereocenters. The molecule has 4 nitrogen and oxygen atoms in total. The molecule has 26 heavy (non-hydrogen) atoms. The average molecular weight is 377 g/mol. The van der Waals surface area contributed by atoms with Gasteiger partial charge in [0.15, 0.2) is 0 Å². The number of methoxy groups -OCH3 is 1. The van der Waals surface area contributed by atoms with Gasteiger partial charge in [0.1, 0.15) is 11.6 Å². The molecule has 0 radical (unpaired) electrons. The van der Waals surface area contributed by atoms with E-state index in [-0.39, 0.29) is 24.3 Å². The fourth-order valence-corrected chi connectivity index (χ4v) is 3.64. The van der Waals surface area contributed by atoms with Gasteiger partial charge in [-0.05, 0) is 56.3 Å². The molecule has 1 amide bonds. The van der Waals surface area contributed by atoms with E-state index in [2.05, 4.69) is 10.2 Å². The number of rotatable bonds is 6. The lowest BCUT2D eigenvalue weighted by Gasteiger charge is -2.29. The number of carbonyl (C=O) groups is 1. The Morgan fingerprint density at radius 3 is 2.69 bits per heavy atom. The van der Waals surface area contributed by atoms with Crippen molar-refractivity contribution in [2.45, 2.75) is 18.9 Å². The van der Waals surface area contributed by atoms with Crippen LogP contribution in [0.5, 0.6) is 5.75 Å². The number of benzene rings is 2. The molecule has 1 aliphatic heterocycles. The van der Waals surface area contributed by atoms with E-state index in [1.807, 2.05) is 0 Å². The van der Waals surface area contributed by atoms with Crippen molar-refractivity contribution in [3.05, 3.63) is 64.4 Å². The SMILES string of the molecule is COc1cccc(C(=O)NCC(c2c(F)cccc2Cl)N2CCCC2)c1. The molecule has 6 heteroatoms. The van der Waals surface area contributed by atoms with Gasteiger partial charge >= 0.3 is 0 Å². The van der Waals surface area contributed by atoms with E-state index in [1.165, 1.54) is 6.07 Å². The zero-order chi connectivity index (χ0) is 18.5. The van der Waals surface area contributed by atoms with Gasteiger partial charge in [-0.15, -0.1) is 0 Å². The summed E-state index contributed by atoms with van der Waals surface area (Å²) in [5.74, 6) is 0.0523. The summed E-state index contributed by atoms with van der Waals surface area (Å²) in [6, 6.07) is 11.3. The lowest BCUT2D eigenvalue weighted by molar-refractivity contribution is 0.0937. The first-order valence-corrected chi connectivity index (χ1v) is 9.08. The molecule has 2 aromatic carbocycles. The van der Waals surface area contributed by atoms with Crippen LogP contribution in [0.1, 0.15) is 34.8 Å². The number of hydrogen-bond acceptors (Lipinski definition) is 3. The minimum atomic E-state index is -0.343. The summed E-state index contributed by atoms with van der Waals surface area (Å²) in [5.41, 5.74) is 0.950. The minimum absolute atomic E-state index is 0.222. The predicted octanol–water partition coefficient (Wildman–Crippen LogP) is 4.05. The van der Waals surface area contributed by atoms with Crippen LogP contribution in [0, 0.1) is 5.82 Å². The second-order valence-corrected chi connectivity index (χ2v) is 6.74. The fraction of sp³-hybridized carbons (Fsp3) is 0.350. The molecule has 0 spiro atoms. The number of amides is 1. The van der Waals surface area contributed by atoms with E-state index < -0.39 is 0 Å². The second kappa shape index (κ2) is 8.52. The molecule has 1 aliphatic rings. The fourth-order valence-electron chi connectivity index (χ4n) is 3.35. The van der Waals surface area contributed by atoms with Crippen LogP contribution in [0.15, 0.2) is 42.5 Å². The van der Waals surface area contributed by atoms with E-state index in [0.29, 0.717) is 21.9 Å². The van der Waals surface area contributed by atoms with Crippen molar-refractivity contribution < 1.29 is 13.9 Å². The summed E-state index contributed by atoms with van der Waals surface area (Å²) in [6.45, 7) is 2.02. The Bertz CT molecular complexity index is 758. The molecule has 1 N–H and O–H groups in total. The van der Waals surface area contributed by atoms with E-state index in [1.54, 1.807) is 43.5 Å². The van der Waals surface area contributed by atoms with Crippen LogP contribution in [0.25, 0.3) is 0 Å². The molecule has 0 aliphatic carbocycles. The van der Waals surface area contributed by atoms with Gasteiger partial charge in [-0.3, -0.25) is 9.69 Å². The molecule has 1 heterocycles. The number of likely N-dealkylation sites (tertiary alicyclic amines) is 1. The van der Waals surface area contributed by atoms with Crippen LogP contribution in [-0.4, -0.2) is 37.6 Å². The molecule has 0 bridgehead atoms. The van der Waals surface area contributed by atoms with Gasteiger partial charge in [0, 0.05) is 22.7 Å². The molecule has 0 saturated carbocycles. The molecule has 3 rings (SSSR count). The van der Waals surface area contributed by atoms with Gasteiger partial charge < -0.3 is 10.1 Å². The number of ether oxygens (including phenoxy) is 1. The largest absolute Gasteiger partial charge is 0.497 e. The van der Waals surface area contributed by atoms with Crippen molar-refractivity contribution >= 4 is 17.5 Å². The Morgan fingerprint density at radius 2 is 2.00 bits per heavy atom. The highest BCUT2D eigenvalue weighted by molar-refractivity contribution is 6.31. The summed E-state index contributed by atoms with van der Waals surface area (Å²) >= 11 is 6.28. The van der Waals surface area contributed by atoms with Crippen molar-refractivity contribution in [3.8, 4) is 5.75 Å². The summed E-state index contributed by atoms with van der Waals surface area (Å²) in [4.78, 5) is 14.7. The molecule has 1 saturated heterocycles. The molecular formula is C20H22ClFN2O2. The van der Waals surface area contributed by atoms with Gasteiger partial charge in [-0.1, -0.05) is 23.7 Å². The molecule has 2 aromatic rings. The summed E-state index contributed by atoms with van der Waals surface area (Å²) < 4.78 is 19.6. The predicted molar refractivity (Wildman–Crippen MR) is 100 cm³/mol. The van der Waals surface area contributed by atoms with Crippen molar-refractivity contribution in [2.75, 3.05) is 26.7 Å². The normalized spacial score (nSPS) is 15.7. The highest BCUT2D eigenvalue weighted by Crippen LogP contribution is 2.32. The lowest BCUT2D eigenvalue weighted by Crippen LogP contribution is -2.37. The first kappa shape index (κ1) is 18.7. The average Bonchev–Trinajstić information content (AvgIpc) is 3.18. The van der Waals surface area contributed by atoms with E-state index in [9.17, 15) is 9.18 Å². The summed E-state index contributed by atoms with van der Waals surface area (Å²) in [5, 5.41) is 3.31. The van der Waals surface area contributed by atoms with Crippen LogP contribution in [0.3, 0.4) is 0 Å². The van der Waals surface area contributed by atoms with Gasteiger partial charge in [0.05, 0.1) is 13.2 Å². The molecule has 1 unspecified atom stereocenters. The molecule has 138 valence electrons. The molecular weight excluding hydrogens is 355 g/mol. The zero-order valence-electron chi connectivity index (χ0n) is 14.7. The van der Waals surface area contributed by atoms with Gasteiger partial charge in [-0.25, -0.2) is 4.39 Å². The molecule has 1 fully saturated rings. The summed E-state index contributed by atoms with van der Waals surface area (Å²) in [7, 11) is 1.56. The van der Waals surface area contributed by atoms with Crippen molar-refractivity contribution in [3.63, 3.8) is 0 Å². The minimum Gasteiger partial charge on any atom is -0.497 e. The van der Waals surface area contributed by atoms with Gasteiger partial charge in [0.2, 0.25) is 0 Å². The maximum absolute atomic E-state index is 14.5. The highest BCUT2D eigenvalue weighted by Gasteiger charge is 2.28. The lowest BCUT2D eigenvalue weighted by atomic mass is 10.0. The quantitative estimate of drug-likeness (QED) is 0.826. The third kappa shape index (κ3) is 4.17. The van der Waals surface area contributed by atoms with Gasteiger partial charge in [-0.2, -0.15) is 0 Å². The van der Waals surface area contributed by atoms with Crippen LogP contribution < -0.4 is 10.1 Å². The highest BCUT2D eigenvalue weighted by atomic mass is 35.5. The Kier molecular flexibility index (Phi) is 6.12. The van der Waals surface area contributed by atoms with E-state index in [4.69, 9.17) is 16.3 Å². The Morgan fingerprint density at radius 1 is 1.27 bits per heavy atom. The standard InChI is InChI=1S/C20H22ClFN2O2/c1-26-15-7-4-6-14(12-15)20(25)23-13-18(24-10-2-3-11-24)19-16(21)8-5-9-17(19)22/h4-9,12,18H,2-3,10-11,13H2,1H3,(H,23,25). The maximum Gasteiger partial charge on any atom is 0.251 e. The van der Waals surface area contributed by atoms with Crippen molar-refractivity contribution in [2.24, 2.45) is 0 Å². The topological polar surface area (TPSA) is 41.6 Å². The first-order valence-electron chi connectivity index (χ1n) is 8.70. The first-order chi connectivity index (χ1) is 12.6. The Labute approximate surface area is 157 Å². The van der Waals surface area contributed by atoms with Crippen molar-refractivity contribution in [1.82, 2.24) is 10.2 Å². The number of carbonyl (C=O) groups excluding carboxylic acids is 1.